The number of carbonyl (C=O) groups is 1. The number of carbonyl (C=O) groups excluding carboxylic acids is 1. The fraction of sp³-hybridized carbons (Fsp3) is 0.833. The topological polar surface area (TPSA) is 32.3 Å². The molecule has 1 unspecified atom stereocenters. The van der Waals surface area contributed by atoms with Crippen LogP contribution in [0.3, 0.4) is 0 Å². The molecule has 1 atom stereocenters. The van der Waals surface area contributed by atoms with Gasteiger partial charge in [0, 0.05) is 18.2 Å². The number of likely N-dealkylation sites (N-methyl/N-ethyl adjacent to an activating group) is 1. The van der Waals surface area contributed by atoms with Crippen LogP contribution in [0.1, 0.15) is 71.6 Å². The van der Waals surface area contributed by atoms with Gasteiger partial charge in [-0.15, -0.1) is 0 Å². The van der Waals surface area contributed by atoms with Gasteiger partial charge in [-0.1, -0.05) is 64.9 Å². The van der Waals surface area contributed by atoms with Gasteiger partial charge in [-0.25, -0.2) is 0 Å². The predicted molar refractivity (Wildman–Crippen MR) is 92.5 cm³/mol. The Morgan fingerprint density at radius 1 is 1.05 bits per heavy atom. The molecule has 0 radical (unpaired) electrons. The third kappa shape index (κ3) is 11.5. The molecule has 1 amide bonds. The summed E-state index contributed by atoms with van der Waals surface area (Å²) in [5, 5.41) is 2.96. The highest BCUT2D eigenvalue weighted by Crippen LogP contribution is 2.12. The molecular formula is C18H36N2O. The van der Waals surface area contributed by atoms with Crippen molar-refractivity contribution in [1.82, 2.24) is 10.2 Å². The Labute approximate surface area is 132 Å². The second-order valence-electron chi connectivity index (χ2n) is 6.37. The number of hydrogen-bond donors (Lipinski definition) is 1. The van der Waals surface area contributed by atoms with Gasteiger partial charge in [-0.05, 0) is 27.4 Å². The number of unbranched alkanes of at least 4 members (excludes halogenated alkanes) is 7. The van der Waals surface area contributed by atoms with E-state index in [4.69, 9.17) is 0 Å². The van der Waals surface area contributed by atoms with E-state index in [1.807, 2.05) is 0 Å². The first kappa shape index (κ1) is 20.2. The zero-order valence-corrected chi connectivity index (χ0v) is 14.7. The van der Waals surface area contributed by atoms with Crippen LogP contribution in [0.2, 0.25) is 0 Å². The molecule has 0 heterocycles. The Kier molecular flexibility index (Phi) is 12.4. The SMILES string of the molecule is C=C(C)C(=O)NCC(CCCCCCCCCC)N(C)C. The summed E-state index contributed by atoms with van der Waals surface area (Å²) in [6.07, 6.45) is 11.9. The number of nitrogens with one attached hydrogen (secondary N) is 1. The van der Waals surface area contributed by atoms with Crippen molar-refractivity contribution in [1.29, 1.82) is 0 Å². The number of amides is 1. The zero-order valence-electron chi connectivity index (χ0n) is 14.7. The van der Waals surface area contributed by atoms with Gasteiger partial charge >= 0.3 is 0 Å². The van der Waals surface area contributed by atoms with Crippen LogP contribution in [0, 0.1) is 0 Å². The molecule has 0 aliphatic rings. The van der Waals surface area contributed by atoms with Crippen LogP contribution < -0.4 is 5.32 Å². The minimum atomic E-state index is -0.0298. The van der Waals surface area contributed by atoms with E-state index in [9.17, 15) is 4.79 Å². The largest absolute Gasteiger partial charge is 0.351 e. The van der Waals surface area contributed by atoms with Crippen LogP contribution in [0.15, 0.2) is 12.2 Å². The lowest BCUT2D eigenvalue weighted by Gasteiger charge is -2.24. The fourth-order valence-corrected chi connectivity index (χ4v) is 2.42. The van der Waals surface area contributed by atoms with Crippen LogP contribution in [0.5, 0.6) is 0 Å². The van der Waals surface area contributed by atoms with Crippen molar-refractivity contribution in [3.05, 3.63) is 12.2 Å². The standard InChI is InChI=1S/C18H36N2O/c1-6-7-8-9-10-11-12-13-14-17(20(4)5)15-19-18(21)16(2)3/h17H,2,6-15H2,1,3-5H3,(H,19,21). The fourth-order valence-electron chi connectivity index (χ4n) is 2.42. The lowest BCUT2D eigenvalue weighted by atomic mass is 10.0. The van der Waals surface area contributed by atoms with Gasteiger partial charge in [-0.2, -0.15) is 0 Å². The maximum atomic E-state index is 11.5. The van der Waals surface area contributed by atoms with Crippen LogP contribution in [0.4, 0.5) is 0 Å². The maximum Gasteiger partial charge on any atom is 0.246 e. The Morgan fingerprint density at radius 3 is 2.05 bits per heavy atom. The minimum absolute atomic E-state index is 0.0298. The van der Waals surface area contributed by atoms with E-state index in [-0.39, 0.29) is 5.91 Å². The van der Waals surface area contributed by atoms with Crippen molar-refractivity contribution in [2.24, 2.45) is 0 Å². The summed E-state index contributed by atoms with van der Waals surface area (Å²) in [5.74, 6) is -0.0298. The van der Waals surface area contributed by atoms with Gasteiger partial charge in [0.1, 0.15) is 0 Å². The highest BCUT2D eigenvalue weighted by Gasteiger charge is 2.12. The van der Waals surface area contributed by atoms with Gasteiger partial charge < -0.3 is 10.2 Å². The van der Waals surface area contributed by atoms with Gasteiger partial charge in [0.25, 0.3) is 0 Å². The molecule has 0 rings (SSSR count). The van der Waals surface area contributed by atoms with Gasteiger partial charge in [0.15, 0.2) is 0 Å². The predicted octanol–water partition coefficient (Wildman–Crippen LogP) is 4.14. The van der Waals surface area contributed by atoms with Crippen molar-refractivity contribution < 1.29 is 4.79 Å². The van der Waals surface area contributed by atoms with Crippen LogP contribution in [-0.2, 0) is 4.79 Å². The van der Waals surface area contributed by atoms with E-state index in [2.05, 4.69) is 37.8 Å². The first-order valence-corrected chi connectivity index (χ1v) is 8.59. The lowest BCUT2D eigenvalue weighted by molar-refractivity contribution is -0.117. The molecule has 0 aromatic rings. The first-order chi connectivity index (χ1) is 9.99. The summed E-state index contributed by atoms with van der Waals surface area (Å²) in [6, 6.07) is 0.424. The summed E-state index contributed by atoms with van der Waals surface area (Å²) in [7, 11) is 4.17. The summed E-state index contributed by atoms with van der Waals surface area (Å²) in [4.78, 5) is 13.8. The van der Waals surface area contributed by atoms with Crippen molar-refractivity contribution in [2.75, 3.05) is 20.6 Å². The van der Waals surface area contributed by atoms with E-state index < -0.39 is 0 Å². The van der Waals surface area contributed by atoms with E-state index in [1.54, 1.807) is 6.92 Å². The molecule has 21 heavy (non-hydrogen) atoms. The summed E-state index contributed by atoms with van der Waals surface area (Å²) in [5.41, 5.74) is 0.583. The van der Waals surface area contributed by atoms with Gasteiger partial charge in [0.05, 0.1) is 0 Å². The van der Waals surface area contributed by atoms with Crippen LogP contribution in [-0.4, -0.2) is 37.5 Å². The van der Waals surface area contributed by atoms with Crippen molar-refractivity contribution in [2.45, 2.75) is 77.7 Å². The summed E-state index contributed by atoms with van der Waals surface area (Å²) in [6.45, 7) is 8.39. The minimum Gasteiger partial charge on any atom is -0.351 e. The third-order valence-corrected chi connectivity index (χ3v) is 4.01. The molecule has 0 aliphatic heterocycles. The number of nitrogens with zero attached hydrogens (tertiary/aromatic N) is 1. The molecule has 0 aliphatic carbocycles. The molecular weight excluding hydrogens is 260 g/mol. The Morgan fingerprint density at radius 2 is 1.57 bits per heavy atom. The lowest BCUT2D eigenvalue weighted by Crippen LogP contribution is -2.40. The zero-order chi connectivity index (χ0) is 16.1. The first-order valence-electron chi connectivity index (χ1n) is 8.59. The van der Waals surface area contributed by atoms with Crippen molar-refractivity contribution in [3.8, 4) is 0 Å². The second-order valence-corrected chi connectivity index (χ2v) is 6.37. The molecule has 0 aromatic carbocycles. The van der Waals surface area contributed by atoms with Crippen molar-refractivity contribution in [3.63, 3.8) is 0 Å². The molecule has 0 saturated heterocycles. The Bertz CT molecular complexity index is 287. The third-order valence-electron chi connectivity index (χ3n) is 4.01. The number of rotatable bonds is 13. The molecule has 0 bridgehead atoms. The highest BCUT2D eigenvalue weighted by molar-refractivity contribution is 5.92. The van der Waals surface area contributed by atoms with Gasteiger partial charge in [-0.3, -0.25) is 4.79 Å². The monoisotopic (exact) mass is 296 g/mol. The molecule has 1 N–H and O–H groups in total. The van der Waals surface area contributed by atoms with Crippen molar-refractivity contribution >= 4 is 5.91 Å². The average Bonchev–Trinajstić information content (AvgIpc) is 2.43. The quantitative estimate of drug-likeness (QED) is 0.409. The molecule has 0 spiro atoms. The van der Waals surface area contributed by atoms with E-state index >= 15 is 0 Å². The van der Waals surface area contributed by atoms with Gasteiger partial charge in [0.2, 0.25) is 5.91 Å². The molecule has 3 heteroatoms. The smallest absolute Gasteiger partial charge is 0.246 e. The van der Waals surface area contributed by atoms with E-state index in [0.29, 0.717) is 11.6 Å². The maximum absolute atomic E-state index is 11.5. The molecule has 0 fully saturated rings. The molecule has 0 aromatic heterocycles. The Hall–Kier alpha value is -0.830. The van der Waals surface area contributed by atoms with E-state index in [1.165, 1.54) is 51.4 Å². The van der Waals surface area contributed by atoms with E-state index in [0.717, 1.165) is 13.0 Å². The average molecular weight is 296 g/mol. The Balaban J connectivity index is 3.70. The van der Waals surface area contributed by atoms with Crippen LogP contribution >= 0.6 is 0 Å². The summed E-state index contributed by atoms with van der Waals surface area (Å²) >= 11 is 0. The van der Waals surface area contributed by atoms with Crippen LogP contribution in [0.25, 0.3) is 0 Å². The molecule has 0 saturated carbocycles. The summed E-state index contributed by atoms with van der Waals surface area (Å²) < 4.78 is 0. The number of hydrogen-bond acceptors (Lipinski definition) is 2. The molecule has 124 valence electrons. The molecule has 3 nitrogen and oxygen atoms in total. The normalized spacial score (nSPS) is 12.4. The highest BCUT2D eigenvalue weighted by atomic mass is 16.1. The second kappa shape index (κ2) is 12.9.